The van der Waals surface area contributed by atoms with Gasteiger partial charge in [0.1, 0.15) is 0 Å². The second-order valence-corrected chi connectivity index (χ2v) is 5.67. The zero-order chi connectivity index (χ0) is 13.2. The fraction of sp³-hybridized carbons (Fsp3) is 0.600. The van der Waals surface area contributed by atoms with Crippen molar-refractivity contribution in [2.75, 3.05) is 18.5 Å². The van der Waals surface area contributed by atoms with E-state index in [1.807, 2.05) is 14.0 Å². The fourth-order valence-electron chi connectivity index (χ4n) is 2.76. The highest BCUT2D eigenvalue weighted by molar-refractivity contribution is 5.47. The number of nitrogens with two attached hydrogens (primary N) is 1. The van der Waals surface area contributed by atoms with Crippen molar-refractivity contribution in [1.82, 2.24) is 0 Å². The Morgan fingerprint density at radius 1 is 1.28 bits per heavy atom. The Bertz CT molecular complexity index is 380. The number of rotatable bonds is 4. The number of hydrogen-bond acceptors (Lipinski definition) is 3. The largest absolute Gasteiger partial charge is 0.388 e. The van der Waals surface area contributed by atoms with Crippen LogP contribution in [0.25, 0.3) is 0 Å². The van der Waals surface area contributed by atoms with Crippen molar-refractivity contribution in [1.29, 1.82) is 0 Å². The molecule has 1 aromatic rings. The second-order valence-electron chi connectivity index (χ2n) is 5.67. The molecule has 1 atom stereocenters. The Morgan fingerprint density at radius 2 is 1.83 bits per heavy atom. The quantitative estimate of drug-likeness (QED) is 0.860. The molecule has 0 heterocycles. The van der Waals surface area contributed by atoms with E-state index in [4.69, 9.17) is 5.73 Å². The van der Waals surface area contributed by atoms with E-state index in [-0.39, 0.29) is 6.04 Å². The number of likely N-dealkylation sites (N-methyl/N-ethyl adjacent to an activating group) is 1. The molecule has 1 fully saturated rings. The minimum Gasteiger partial charge on any atom is -0.388 e. The van der Waals surface area contributed by atoms with E-state index in [1.54, 1.807) is 0 Å². The molecule has 1 aromatic carbocycles. The molecule has 0 amide bonds. The van der Waals surface area contributed by atoms with E-state index < -0.39 is 5.60 Å². The van der Waals surface area contributed by atoms with Gasteiger partial charge in [0.2, 0.25) is 0 Å². The van der Waals surface area contributed by atoms with Gasteiger partial charge in [0, 0.05) is 25.3 Å². The first-order valence-electron chi connectivity index (χ1n) is 6.79. The van der Waals surface area contributed by atoms with Crippen molar-refractivity contribution < 1.29 is 5.11 Å². The van der Waals surface area contributed by atoms with Crippen LogP contribution in [-0.4, -0.2) is 24.3 Å². The minimum absolute atomic E-state index is 0.0726. The lowest BCUT2D eigenvalue weighted by molar-refractivity contribution is 0.0559. The van der Waals surface area contributed by atoms with Crippen molar-refractivity contribution >= 4 is 5.69 Å². The molecule has 2 rings (SSSR count). The lowest BCUT2D eigenvalue weighted by Crippen LogP contribution is -2.39. The first kappa shape index (κ1) is 13.4. The van der Waals surface area contributed by atoms with Crippen molar-refractivity contribution in [3.63, 3.8) is 0 Å². The van der Waals surface area contributed by atoms with Gasteiger partial charge >= 0.3 is 0 Å². The fourth-order valence-corrected chi connectivity index (χ4v) is 2.76. The van der Waals surface area contributed by atoms with Crippen LogP contribution in [0.15, 0.2) is 24.3 Å². The molecule has 0 bridgehead atoms. The van der Waals surface area contributed by atoms with Gasteiger partial charge in [-0.05, 0) is 37.5 Å². The molecule has 3 N–H and O–H groups in total. The number of aliphatic hydroxyl groups is 1. The SMILES string of the molecule is C[C@H](N)c1ccc(N(C)CC2(O)CCCC2)cc1. The lowest BCUT2D eigenvalue weighted by atomic mass is 10.0. The van der Waals surface area contributed by atoms with Crippen LogP contribution < -0.4 is 10.6 Å². The predicted molar refractivity (Wildman–Crippen MR) is 75.7 cm³/mol. The average Bonchev–Trinajstić information content (AvgIpc) is 2.76. The molecule has 1 aliphatic carbocycles. The van der Waals surface area contributed by atoms with Gasteiger partial charge in [-0.2, -0.15) is 0 Å². The summed E-state index contributed by atoms with van der Waals surface area (Å²) in [6.45, 7) is 2.70. The van der Waals surface area contributed by atoms with Crippen LogP contribution in [0.2, 0.25) is 0 Å². The molecule has 100 valence electrons. The maximum atomic E-state index is 10.4. The number of benzene rings is 1. The van der Waals surface area contributed by atoms with Crippen LogP contribution in [0.5, 0.6) is 0 Å². The topological polar surface area (TPSA) is 49.5 Å². The van der Waals surface area contributed by atoms with E-state index in [2.05, 4.69) is 29.2 Å². The van der Waals surface area contributed by atoms with Gasteiger partial charge in [-0.1, -0.05) is 25.0 Å². The van der Waals surface area contributed by atoms with Gasteiger partial charge in [-0.25, -0.2) is 0 Å². The molecule has 0 aromatic heterocycles. The third kappa shape index (κ3) is 3.03. The van der Waals surface area contributed by atoms with Crippen molar-refractivity contribution in [3.05, 3.63) is 29.8 Å². The van der Waals surface area contributed by atoms with Crippen molar-refractivity contribution in [3.8, 4) is 0 Å². The smallest absolute Gasteiger partial charge is 0.0821 e. The summed E-state index contributed by atoms with van der Waals surface area (Å²) in [6.07, 6.45) is 4.15. The minimum atomic E-state index is -0.491. The highest BCUT2D eigenvalue weighted by Gasteiger charge is 2.32. The molecule has 0 spiro atoms. The Kier molecular flexibility index (Phi) is 3.93. The molecule has 3 nitrogen and oxygen atoms in total. The van der Waals surface area contributed by atoms with Crippen LogP contribution in [0.1, 0.15) is 44.2 Å². The van der Waals surface area contributed by atoms with Gasteiger partial charge < -0.3 is 15.7 Å². The summed E-state index contributed by atoms with van der Waals surface area (Å²) in [5, 5.41) is 10.4. The van der Waals surface area contributed by atoms with Crippen molar-refractivity contribution in [2.24, 2.45) is 5.73 Å². The molecular weight excluding hydrogens is 224 g/mol. The Labute approximate surface area is 110 Å². The van der Waals surface area contributed by atoms with Gasteiger partial charge in [-0.15, -0.1) is 0 Å². The number of anilines is 1. The maximum absolute atomic E-state index is 10.4. The zero-order valence-corrected chi connectivity index (χ0v) is 11.4. The summed E-state index contributed by atoms with van der Waals surface area (Å²) in [6, 6.07) is 8.36. The highest BCUT2D eigenvalue weighted by atomic mass is 16.3. The number of nitrogens with zero attached hydrogens (tertiary/aromatic N) is 1. The highest BCUT2D eigenvalue weighted by Crippen LogP contribution is 2.31. The van der Waals surface area contributed by atoms with E-state index in [9.17, 15) is 5.11 Å². The monoisotopic (exact) mass is 248 g/mol. The zero-order valence-electron chi connectivity index (χ0n) is 11.4. The third-order valence-electron chi connectivity index (χ3n) is 3.93. The third-order valence-corrected chi connectivity index (χ3v) is 3.93. The van der Waals surface area contributed by atoms with E-state index in [1.165, 1.54) is 0 Å². The van der Waals surface area contributed by atoms with E-state index in [0.717, 1.165) is 36.9 Å². The molecule has 0 saturated heterocycles. The molecular formula is C15H24N2O. The molecule has 0 radical (unpaired) electrons. The standard InChI is InChI=1S/C15H24N2O/c1-12(16)13-5-7-14(8-6-13)17(2)11-15(18)9-3-4-10-15/h5-8,12,18H,3-4,9-11,16H2,1-2H3/t12-/m0/s1. The summed E-state index contributed by atoms with van der Waals surface area (Å²) in [5.74, 6) is 0. The van der Waals surface area contributed by atoms with Gasteiger partial charge in [0.15, 0.2) is 0 Å². The Morgan fingerprint density at radius 3 is 2.33 bits per heavy atom. The molecule has 0 aliphatic heterocycles. The molecule has 18 heavy (non-hydrogen) atoms. The second kappa shape index (κ2) is 5.29. The van der Waals surface area contributed by atoms with Crippen LogP contribution >= 0.6 is 0 Å². The lowest BCUT2D eigenvalue weighted by Gasteiger charge is -2.30. The maximum Gasteiger partial charge on any atom is 0.0821 e. The molecule has 1 aliphatic rings. The molecule has 0 unspecified atom stereocenters. The van der Waals surface area contributed by atoms with Crippen LogP contribution in [0.4, 0.5) is 5.69 Å². The van der Waals surface area contributed by atoms with Crippen LogP contribution in [-0.2, 0) is 0 Å². The average molecular weight is 248 g/mol. The van der Waals surface area contributed by atoms with Crippen LogP contribution in [0, 0.1) is 0 Å². The first-order valence-corrected chi connectivity index (χ1v) is 6.79. The number of hydrogen-bond donors (Lipinski definition) is 2. The van der Waals surface area contributed by atoms with Gasteiger partial charge in [-0.3, -0.25) is 0 Å². The summed E-state index contributed by atoms with van der Waals surface area (Å²) < 4.78 is 0. The first-order chi connectivity index (χ1) is 8.50. The van der Waals surface area contributed by atoms with Gasteiger partial charge in [0.25, 0.3) is 0 Å². The Balaban J connectivity index is 2.02. The summed E-state index contributed by atoms with van der Waals surface area (Å²) in [5.41, 5.74) is 7.63. The van der Waals surface area contributed by atoms with Crippen molar-refractivity contribution in [2.45, 2.75) is 44.2 Å². The Hall–Kier alpha value is -1.06. The molecule has 1 saturated carbocycles. The van der Waals surface area contributed by atoms with E-state index in [0.29, 0.717) is 6.54 Å². The summed E-state index contributed by atoms with van der Waals surface area (Å²) >= 11 is 0. The summed E-state index contributed by atoms with van der Waals surface area (Å²) in [7, 11) is 2.04. The molecule has 3 heteroatoms. The summed E-state index contributed by atoms with van der Waals surface area (Å²) in [4.78, 5) is 2.14. The predicted octanol–water partition coefficient (Wildman–Crippen LogP) is 2.45. The van der Waals surface area contributed by atoms with Gasteiger partial charge in [0.05, 0.1) is 5.60 Å². The van der Waals surface area contributed by atoms with Crippen LogP contribution in [0.3, 0.4) is 0 Å². The van der Waals surface area contributed by atoms with E-state index >= 15 is 0 Å². The normalized spacial score (nSPS) is 19.8.